The fraction of sp³-hybridized carbons (Fsp3) is 0.462. The van der Waals surface area contributed by atoms with Gasteiger partial charge in [-0.05, 0) is 17.7 Å². The van der Waals surface area contributed by atoms with Crippen molar-refractivity contribution in [2.24, 2.45) is 0 Å². The molecule has 0 aromatic heterocycles. The first-order valence-electron chi connectivity index (χ1n) is 5.79. The quantitative estimate of drug-likeness (QED) is 0.425. The Bertz CT molecular complexity index is 368. The fourth-order valence-electron chi connectivity index (χ4n) is 1.38. The summed E-state index contributed by atoms with van der Waals surface area (Å²) in [6, 6.07) is 7.19. The predicted molar refractivity (Wildman–Crippen MR) is 68.2 cm³/mol. The molecule has 0 heterocycles. The van der Waals surface area contributed by atoms with E-state index in [4.69, 9.17) is 19.9 Å². The third-order valence-corrected chi connectivity index (χ3v) is 2.22. The molecule has 5 heteroatoms. The van der Waals surface area contributed by atoms with Gasteiger partial charge in [-0.15, -0.1) is 0 Å². The number of rotatable bonds is 8. The Kier molecular flexibility index (Phi) is 6.83. The Morgan fingerprint density at radius 2 is 2.00 bits per heavy atom. The van der Waals surface area contributed by atoms with Crippen molar-refractivity contribution in [1.29, 1.82) is 0 Å². The highest BCUT2D eigenvalue weighted by molar-refractivity contribution is 5.72. The monoisotopic (exact) mass is 253 g/mol. The Balaban J connectivity index is 2.14. The van der Waals surface area contributed by atoms with Gasteiger partial charge in [0.25, 0.3) is 0 Å². The minimum Gasteiger partial charge on any atom is -0.463 e. The van der Waals surface area contributed by atoms with Gasteiger partial charge in [-0.25, -0.2) is 0 Å². The molecule has 18 heavy (non-hydrogen) atoms. The van der Waals surface area contributed by atoms with E-state index in [1.165, 1.54) is 0 Å². The van der Waals surface area contributed by atoms with Crippen molar-refractivity contribution in [2.45, 2.75) is 6.42 Å². The molecule has 0 fully saturated rings. The largest absolute Gasteiger partial charge is 0.463 e. The van der Waals surface area contributed by atoms with Gasteiger partial charge < -0.3 is 19.9 Å². The second-order valence-electron chi connectivity index (χ2n) is 3.75. The number of nitrogens with two attached hydrogens (primary N) is 1. The topological polar surface area (TPSA) is 70.8 Å². The lowest BCUT2D eigenvalue weighted by Crippen LogP contribution is -2.14. The van der Waals surface area contributed by atoms with Crippen LogP contribution in [0, 0.1) is 0 Å². The number of carbonyl (C=O) groups excluding carboxylic acids is 1. The number of hydrogen-bond acceptors (Lipinski definition) is 5. The average molecular weight is 253 g/mol. The Morgan fingerprint density at radius 1 is 1.22 bits per heavy atom. The number of ether oxygens (including phenoxy) is 3. The molecule has 0 unspecified atom stereocenters. The van der Waals surface area contributed by atoms with Crippen molar-refractivity contribution in [1.82, 2.24) is 0 Å². The van der Waals surface area contributed by atoms with Gasteiger partial charge in [0.2, 0.25) is 0 Å². The summed E-state index contributed by atoms with van der Waals surface area (Å²) in [4.78, 5) is 11.5. The Morgan fingerprint density at radius 3 is 2.72 bits per heavy atom. The van der Waals surface area contributed by atoms with Crippen molar-refractivity contribution in [3.63, 3.8) is 0 Å². The molecular formula is C13H19NO4. The van der Waals surface area contributed by atoms with E-state index in [2.05, 4.69) is 0 Å². The van der Waals surface area contributed by atoms with Crippen LogP contribution >= 0.6 is 0 Å². The minimum absolute atomic E-state index is 0.225. The molecule has 5 nitrogen and oxygen atoms in total. The van der Waals surface area contributed by atoms with E-state index in [1.54, 1.807) is 19.2 Å². The maximum absolute atomic E-state index is 11.5. The van der Waals surface area contributed by atoms with E-state index in [-0.39, 0.29) is 19.0 Å². The van der Waals surface area contributed by atoms with Gasteiger partial charge in [0.15, 0.2) is 0 Å². The summed E-state index contributed by atoms with van der Waals surface area (Å²) in [5, 5.41) is 0. The van der Waals surface area contributed by atoms with Crippen LogP contribution in [0.4, 0.5) is 5.69 Å². The number of nitrogen functional groups attached to an aromatic ring is 1. The third-order valence-electron chi connectivity index (χ3n) is 2.22. The van der Waals surface area contributed by atoms with Gasteiger partial charge in [-0.2, -0.15) is 0 Å². The van der Waals surface area contributed by atoms with Gasteiger partial charge >= 0.3 is 5.97 Å². The first-order chi connectivity index (χ1) is 8.72. The summed E-state index contributed by atoms with van der Waals surface area (Å²) < 4.78 is 15.0. The van der Waals surface area contributed by atoms with Gasteiger partial charge in [-0.3, -0.25) is 4.79 Å². The smallest absolute Gasteiger partial charge is 0.310 e. The summed E-state index contributed by atoms with van der Waals surface area (Å²) in [5.74, 6) is -0.282. The third kappa shape index (κ3) is 6.22. The average Bonchev–Trinajstić information content (AvgIpc) is 2.33. The maximum atomic E-state index is 11.5. The van der Waals surface area contributed by atoms with Crippen molar-refractivity contribution in [2.75, 3.05) is 39.3 Å². The molecule has 0 amide bonds. The molecule has 0 aliphatic heterocycles. The van der Waals surface area contributed by atoms with Crippen molar-refractivity contribution >= 4 is 11.7 Å². The molecule has 0 saturated carbocycles. The summed E-state index contributed by atoms with van der Waals surface area (Å²) >= 11 is 0. The van der Waals surface area contributed by atoms with E-state index >= 15 is 0 Å². The van der Waals surface area contributed by atoms with E-state index in [9.17, 15) is 4.79 Å². The molecule has 0 saturated heterocycles. The number of hydrogen-bond donors (Lipinski definition) is 1. The molecule has 0 bridgehead atoms. The lowest BCUT2D eigenvalue weighted by molar-refractivity contribution is -0.144. The van der Waals surface area contributed by atoms with E-state index < -0.39 is 0 Å². The van der Waals surface area contributed by atoms with Crippen LogP contribution in [0.25, 0.3) is 0 Å². The minimum atomic E-state index is -0.282. The second-order valence-corrected chi connectivity index (χ2v) is 3.75. The lowest BCUT2D eigenvalue weighted by Gasteiger charge is -2.06. The second kappa shape index (κ2) is 8.49. The van der Waals surface area contributed by atoms with Gasteiger partial charge in [-0.1, -0.05) is 12.1 Å². The van der Waals surface area contributed by atoms with Crippen molar-refractivity contribution in [3.8, 4) is 0 Å². The van der Waals surface area contributed by atoms with Gasteiger partial charge in [0.1, 0.15) is 6.61 Å². The summed E-state index contributed by atoms with van der Waals surface area (Å²) in [5.41, 5.74) is 7.11. The number of benzene rings is 1. The molecule has 100 valence electrons. The molecule has 0 spiro atoms. The Labute approximate surface area is 107 Å². The van der Waals surface area contributed by atoms with Crippen molar-refractivity contribution < 1.29 is 19.0 Å². The Hall–Kier alpha value is -1.59. The number of anilines is 1. The summed E-state index contributed by atoms with van der Waals surface area (Å²) in [6.45, 7) is 1.68. The maximum Gasteiger partial charge on any atom is 0.310 e. The zero-order valence-corrected chi connectivity index (χ0v) is 10.6. The molecule has 1 aromatic rings. The first-order valence-corrected chi connectivity index (χ1v) is 5.79. The van der Waals surface area contributed by atoms with Crippen LogP contribution in [0.3, 0.4) is 0 Å². The highest BCUT2D eigenvalue weighted by Gasteiger charge is 2.04. The van der Waals surface area contributed by atoms with Crippen LogP contribution < -0.4 is 5.73 Å². The number of carbonyl (C=O) groups is 1. The van der Waals surface area contributed by atoms with Crippen LogP contribution in [0.15, 0.2) is 24.3 Å². The lowest BCUT2D eigenvalue weighted by atomic mass is 10.1. The normalized spacial score (nSPS) is 10.3. The van der Waals surface area contributed by atoms with Crippen LogP contribution in [-0.2, 0) is 25.4 Å². The highest BCUT2D eigenvalue weighted by Crippen LogP contribution is 2.07. The molecule has 0 aliphatic carbocycles. The molecule has 2 N–H and O–H groups in total. The van der Waals surface area contributed by atoms with Gasteiger partial charge in [0, 0.05) is 12.8 Å². The van der Waals surface area contributed by atoms with E-state index in [0.29, 0.717) is 25.5 Å². The first kappa shape index (κ1) is 14.5. The fourth-order valence-corrected chi connectivity index (χ4v) is 1.38. The van der Waals surface area contributed by atoms with E-state index in [1.807, 2.05) is 12.1 Å². The number of methoxy groups -OCH3 is 1. The summed E-state index contributed by atoms with van der Waals surface area (Å²) in [6.07, 6.45) is 0.225. The highest BCUT2D eigenvalue weighted by atomic mass is 16.6. The molecular weight excluding hydrogens is 234 g/mol. The molecule has 0 aliphatic rings. The zero-order chi connectivity index (χ0) is 13.2. The van der Waals surface area contributed by atoms with E-state index in [0.717, 1.165) is 5.56 Å². The zero-order valence-electron chi connectivity index (χ0n) is 10.6. The molecule has 1 aromatic carbocycles. The van der Waals surface area contributed by atoms with Gasteiger partial charge in [0.05, 0.1) is 26.2 Å². The standard InChI is InChI=1S/C13H19NO4/c1-16-5-6-17-7-8-18-13(15)10-11-3-2-4-12(14)9-11/h2-4,9H,5-8,10,14H2,1H3. The van der Waals surface area contributed by atoms with Crippen LogP contribution in [0.5, 0.6) is 0 Å². The van der Waals surface area contributed by atoms with Crippen LogP contribution in [-0.4, -0.2) is 39.5 Å². The number of esters is 1. The molecule has 0 radical (unpaired) electrons. The van der Waals surface area contributed by atoms with Crippen LogP contribution in [0.2, 0.25) is 0 Å². The van der Waals surface area contributed by atoms with Crippen LogP contribution in [0.1, 0.15) is 5.56 Å². The van der Waals surface area contributed by atoms with Crippen molar-refractivity contribution in [3.05, 3.63) is 29.8 Å². The predicted octanol–water partition coefficient (Wildman–Crippen LogP) is 1.02. The molecule has 0 atom stereocenters. The summed E-state index contributed by atoms with van der Waals surface area (Å²) in [7, 11) is 1.61. The molecule has 1 rings (SSSR count). The SMILES string of the molecule is COCCOCCOC(=O)Cc1cccc(N)c1.